The zero-order chi connectivity index (χ0) is 20.9. The number of methoxy groups -OCH3 is 1. The average molecular weight is 417 g/mol. The molecule has 150 valence electrons. The van der Waals surface area contributed by atoms with Crippen molar-refractivity contribution in [3.63, 3.8) is 0 Å². The minimum atomic E-state index is -0.342. The van der Waals surface area contributed by atoms with Crippen molar-refractivity contribution in [2.45, 2.75) is 11.4 Å². The van der Waals surface area contributed by atoms with Gasteiger partial charge < -0.3 is 10.1 Å². The van der Waals surface area contributed by atoms with Crippen molar-refractivity contribution < 1.29 is 14.3 Å². The number of imide groups is 1. The van der Waals surface area contributed by atoms with Gasteiger partial charge in [0, 0.05) is 16.6 Å². The van der Waals surface area contributed by atoms with Crippen molar-refractivity contribution in [3.05, 3.63) is 101 Å². The van der Waals surface area contributed by atoms with Crippen LogP contribution in [0.2, 0.25) is 0 Å². The van der Waals surface area contributed by atoms with Crippen LogP contribution in [0.15, 0.2) is 100 Å². The molecule has 30 heavy (non-hydrogen) atoms. The summed E-state index contributed by atoms with van der Waals surface area (Å²) in [6.45, 7) is 0.223. The fourth-order valence-electron chi connectivity index (χ4n) is 3.12. The maximum absolute atomic E-state index is 13.2. The van der Waals surface area contributed by atoms with Crippen LogP contribution in [0, 0.1) is 0 Å². The van der Waals surface area contributed by atoms with E-state index in [1.54, 1.807) is 13.2 Å². The molecule has 0 aromatic heterocycles. The van der Waals surface area contributed by atoms with E-state index in [-0.39, 0.29) is 24.1 Å². The van der Waals surface area contributed by atoms with Gasteiger partial charge in [0.25, 0.3) is 11.8 Å². The van der Waals surface area contributed by atoms with Crippen molar-refractivity contribution in [2.75, 3.05) is 12.4 Å². The average Bonchev–Trinajstić information content (AvgIpc) is 3.00. The molecule has 0 saturated carbocycles. The van der Waals surface area contributed by atoms with Crippen LogP contribution in [0.1, 0.15) is 5.56 Å². The number of ether oxygens (including phenoxy) is 1. The van der Waals surface area contributed by atoms with Gasteiger partial charge in [-0.25, -0.2) is 0 Å². The Morgan fingerprint density at radius 1 is 0.867 bits per heavy atom. The van der Waals surface area contributed by atoms with E-state index in [1.165, 1.54) is 16.7 Å². The summed E-state index contributed by atoms with van der Waals surface area (Å²) in [5, 5.41) is 3.15. The third kappa shape index (κ3) is 4.23. The number of hydrogen-bond donors (Lipinski definition) is 1. The molecule has 0 unspecified atom stereocenters. The van der Waals surface area contributed by atoms with E-state index >= 15 is 0 Å². The number of hydrogen-bond acceptors (Lipinski definition) is 5. The lowest BCUT2D eigenvalue weighted by Gasteiger charge is -2.15. The Morgan fingerprint density at radius 2 is 1.57 bits per heavy atom. The summed E-state index contributed by atoms with van der Waals surface area (Å²) in [7, 11) is 1.58. The van der Waals surface area contributed by atoms with E-state index in [0.717, 1.165) is 10.5 Å². The van der Waals surface area contributed by atoms with Crippen LogP contribution in [-0.2, 0) is 16.1 Å². The van der Waals surface area contributed by atoms with Gasteiger partial charge in [0.15, 0.2) is 0 Å². The molecule has 4 rings (SSSR count). The highest BCUT2D eigenvalue weighted by Crippen LogP contribution is 2.36. The van der Waals surface area contributed by atoms with Gasteiger partial charge in [-0.2, -0.15) is 0 Å². The van der Waals surface area contributed by atoms with E-state index in [0.29, 0.717) is 16.3 Å². The molecule has 5 nitrogen and oxygen atoms in total. The molecule has 0 spiro atoms. The Bertz CT molecular complexity index is 1100. The molecule has 3 aromatic carbocycles. The number of carbonyl (C=O) groups excluding carboxylic acids is 2. The van der Waals surface area contributed by atoms with Gasteiger partial charge in [-0.05, 0) is 29.8 Å². The third-order valence-corrected chi connectivity index (χ3v) is 5.70. The summed E-state index contributed by atoms with van der Waals surface area (Å²) in [4.78, 5) is 29.0. The SMILES string of the molecule is COc1cccc(NC2=C(Sc3ccccc3)C(=O)N(Cc3ccccc3)C2=O)c1. The third-order valence-electron chi connectivity index (χ3n) is 4.61. The van der Waals surface area contributed by atoms with E-state index < -0.39 is 0 Å². The Kier molecular flexibility index (Phi) is 5.86. The lowest BCUT2D eigenvalue weighted by Crippen LogP contribution is -2.31. The number of nitrogens with zero attached hydrogens (tertiary/aromatic N) is 1. The molecule has 1 N–H and O–H groups in total. The summed E-state index contributed by atoms with van der Waals surface area (Å²) < 4.78 is 5.27. The Morgan fingerprint density at radius 3 is 2.27 bits per heavy atom. The number of thioether (sulfide) groups is 1. The Hall–Kier alpha value is -3.51. The van der Waals surface area contributed by atoms with Crippen molar-refractivity contribution in [1.29, 1.82) is 0 Å². The molecule has 0 atom stereocenters. The number of anilines is 1. The molecule has 0 radical (unpaired) electrons. The van der Waals surface area contributed by atoms with Gasteiger partial charge in [-0.1, -0.05) is 66.4 Å². The van der Waals surface area contributed by atoms with Crippen LogP contribution in [-0.4, -0.2) is 23.8 Å². The van der Waals surface area contributed by atoms with Gasteiger partial charge in [-0.3, -0.25) is 14.5 Å². The summed E-state index contributed by atoms with van der Waals surface area (Å²) >= 11 is 1.29. The molecule has 1 aliphatic rings. The first-order valence-corrected chi connectivity index (χ1v) is 10.3. The standard InChI is InChI=1S/C24H20N2O3S/c1-29-19-12-8-11-18(15-19)25-21-22(30-20-13-6-3-7-14-20)24(28)26(23(21)27)16-17-9-4-2-5-10-17/h2-15,25H,16H2,1H3. The maximum atomic E-state index is 13.2. The first-order valence-electron chi connectivity index (χ1n) is 9.44. The molecule has 0 aliphatic carbocycles. The summed E-state index contributed by atoms with van der Waals surface area (Å²) in [6.07, 6.45) is 0. The van der Waals surface area contributed by atoms with E-state index in [4.69, 9.17) is 4.74 Å². The summed E-state index contributed by atoms with van der Waals surface area (Å²) in [5.74, 6) is 0.0176. The molecular weight excluding hydrogens is 396 g/mol. The topological polar surface area (TPSA) is 58.6 Å². The highest BCUT2D eigenvalue weighted by Gasteiger charge is 2.39. The van der Waals surface area contributed by atoms with E-state index in [2.05, 4.69) is 5.32 Å². The zero-order valence-electron chi connectivity index (χ0n) is 16.4. The molecule has 2 amide bonds. The lowest BCUT2D eigenvalue weighted by atomic mass is 10.2. The number of nitrogens with one attached hydrogen (secondary N) is 1. The van der Waals surface area contributed by atoms with Crippen LogP contribution in [0.25, 0.3) is 0 Å². The second-order valence-corrected chi connectivity index (χ2v) is 7.74. The maximum Gasteiger partial charge on any atom is 0.278 e. The first kappa shape index (κ1) is 19.8. The number of benzene rings is 3. The normalized spacial score (nSPS) is 13.7. The number of carbonyl (C=O) groups is 2. The molecular formula is C24H20N2O3S. The van der Waals surface area contributed by atoms with Crippen molar-refractivity contribution in [1.82, 2.24) is 4.90 Å². The minimum absolute atomic E-state index is 0.223. The monoisotopic (exact) mass is 416 g/mol. The summed E-state index contributed by atoms with van der Waals surface area (Å²) in [5.41, 5.74) is 1.85. The van der Waals surface area contributed by atoms with Crippen LogP contribution in [0.5, 0.6) is 5.75 Å². The molecule has 0 bridgehead atoms. The van der Waals surface area contributed by atoms with Gasteiger partial charge in [-0.15, -0.1) is 0 Å². The molecule has 3 aromatic rings. The Labute approximate surface area is 179 Å². The van der Waals surface area contributed by atoms with Gasteiger partial charge in [0.2, 0.25) is 0 Å². The number of rotatable bonds is 7. The van der Waals surface area contributed by atoms with Crippen molar-refractivity contribution >= 4 is 29.3 Å². The van der Waals surface area contributed by atoms with Crippen LogP contribution < -0.4 is 10.1 Å². The highest BCUT2D eigenvalue weighted by molar-refractivity contribution is 8.04. The Balaban J connectivity index is 1.67. The van der Waals surface area contributed by atoms with Crippen LogP contribution >= 0.6 is 11.8 Å². The fourth-order valence-corrected chi connectivity index (χ4v) is 4.09. The van der Waals surface area contributed by atoms with E-state index in [9.17, 15) is 9.59 Å². The first-order chi connectivity index (χ1) is 14.7. The largest absolute Gasteiger partial charge is 0.497 e. The molecule has 1 aliphatic heterocycles. The van der Waals surface area contributed by atoms with E-state index in [1.807, 2.05) is 78.9 Å². The second kappa shape index (κ2) is 8.88. The molecule has 0 fully saturated rings. The number of amides is 2. The highest BCUT2D eigenvalue weighted by atomic mass is 32.2. The molecule has 6 heteroatoms. The van der Waals surface area contributed by atoms with Crippen molar-refractivity contribution in [3.8, 4) is 5.75 Å². The van der Waals surface area contributed by atoms with Gasteiger partial charge in [0.1, 0.15) is 16.4 Å². The second-order valence-electron chi connectivity index (χ2n) is 6.66. The quantitative estimate of drug-likeness (QED) is 0.567. The predicted molar refractivity (Wildman–Crippen MR) is 118 cm³/mol. The van der Waals surface area contributed by atoms with Crippen LogP contribution in [0.4, 0.5) is 5.69 Å². The zero-order valence-corrected chi connectivity index (χ0v) is 17.2. The molecule has 1 heterocycles. The lowest BCUT2D eigenvalue weighted by molar-refractivity contribution is -0.137. The predicted octanol–water partition coefficient (Wildman–Crippen LogP) is 4.68. The van der Waals surface area contributed by atoms with Crippen molar-refractivity contribution in [2.24, 2.45) is 0 Å². The van der Waals surface area contributed by atoms with Crippen LogP contribution in [0.3, 0.4) is 0 Å². The fraction of sp³-hybridized carbons (Fsp3) is 0.0833. The van der Waals surface area contributed by atoms with Gasteiger partial charge in [0.05, 0.1) is 13.7 Å². The summed E-state index contributed by atoms with van der Waals surface area (Å²) in [6, 6.07) is 26.3. The molecule has 0 saturated heterocycles. The van der Waals surface area contributed by atoms with Gasteiger partial charge >= 0.3 is 0 Å². The minimum Gasteiger partial charge on any atom is -0.497 e. The smallest absolute Gasteiger partial charge is 0.278 e.